The normalized spacial score (nSPS) is 19.0. The zero-order valence-electron chi connectivity index (χ0n) is 15.5. The minimum atomic E-state index is -0.619. The van der Waals surface area contributed by atoms with Crippen molar-refractivity contribution in [3.8, 4) is 10.6 Å². The van der Waals surface area contributed by atoms with Gasteiger partial charge in [0, 0.05) is 32.3 Å². The van der Waals surface area contributed by atoms with E-state index in [2.05, 4.69) is 15.0 Å². The molecule has 9 heteroatoms. The van der Waals surface area contributed by atoms with Crippen LogP contribution in [-0.2, 0) is 6.42 Å². The molecule has 0 spiro atoms. The van der Waals surface area contributed by atoms with Crippen molar-refractivity contribution in [2.45, 2.75) is 18.9 Å². The molecule has 3 aromatic heterocycles. The Morgan fingerprint density at radius 1 is 1.21 bits per heavy atom. The van der Waals surface area contributed by atoms with Gasteiger partial charge in [-0.15, -0.1) is 11.3 Å². The van der Waals surface area contributed by atoms with E-state index in [9.17, 15) is 14.3 Å². The van der Waals surface area contributed by atoms with E-state index < -0.39 is 12.1 Å². The van der Waals surface area contributed by atoms with Crippen LogP contribution in [0.3, 0.4) is 0 Å². The number of rotatable bonds is 3. The molecular weight excluding hydrogens is 393 g/mol. The van der Waals surface area contributed by atoms with Gasteiger partial charge in [0.25, 0.3) is 5.91 Å². The van der Waals surface area contributed by atoms with Gasteiger partial charge in [-0.3, -0.25) is 9.78 Å². The van der Waals surface area contributed by atoms with E-state index in [0.717, 1.165) is 5.69 Å². The van der Waals surface area contributed by atoms with Gasteiger partial charge in [-0.2, -0.15) is 4.39 Å². The third-order valence-corrected chi connectivity index (χ3v) is 6.34. The van der Waals surface area contributed by atoms with Gasteiger partial charge in [0.1, 0.15) is 15.7 Å². The summed E-state index contributed by atoms with van der Waals surface area (Å²) in [4.78, 5) is 29.7. The van der Waals surface area contributed by atoms with Crippen LogP contribution in [0.2, 0.25) is 0 Å². The van der Waals surface area contributed by atoms with E-state index in [1.165, 1.54) is 11.3 Å². The van der Waals surface area contributed by atoms with E-state index >= 15 is 0 Å². The Hall–Kier alpha value is -2.91. The Morgan fingerprint density at radius 3 is 2.83 bits per heavy atom. The lowest BCUT2D eigenvalue weighted by molar-refractivity contribution is 0.0984. The van der Waals surface area contributed by atoms with Crippen molar-refractivity contribution < 1.29 is 14.3 Å². The van der Waals surface area contributed by atoms with Crippen molar-refractivity contribution in [3.05, 3.63) is 53.2 Å². The Balaban J connectivity index is 1.43. The molecule has 1 saturated heterocycles. The molecule has 0 radical (unpaired) electrons. The molecule has 0 unspecified atom stereocenters. The van der Waals surface area contributed by atoms with Gasteiger partial charge in [-0.05, 0) is 30.7 Å². The van der Waals surface area contributed by atoms with Crippen molar-refractivity contribution in [1.82, 2.24) is 15.0 Å². The number of aromatic nitrogens is 3. The third kappa shape index (κ3) is 3.26. The number of aliphatic hydroxyl groups excluding tert-OH is 1. The highest BCUT2D eigenvalue weighted by Crippen LogP contribution is 2.34. The molecule has 0 bridgehead atoms. The average molecular weight is 411 g/mol. The number of hydrogen-bond donors (Lipinski definition) is 1. The highest BCUT2D eigenvalue weighted by Gasteiger charge is 2.30. The number of fused-ring (bicyclic) bond motifs is 1. The lowest BCUT2D eigenvalue weighted by Gasteiger charge is -2.25. The van der Waals surface area contributed by atoms with E-state index in [-0.39, 0.29) is 11.5 Å². The Labute approximate surface area is 170 Å². The van der Waals surface area contributed by atoms with Gasteiger partial charge in [-0.1, -0.05) is 0 Å². The number of carbonyl (C=O) groups is 1. The van der Waals surface area contributed by atoms with Gasteiger partial charge in [0.05, 0.1) is 29.2 Å². The van der Waals surface area contributed by atoms with Crippen molar-refractivity contribution in [2.24, 2.45) is 0 Å². The number of amides is 1. The van der Waals surface area contributed by atoms with E-state index in [0.29, 0.717) is 53.9 Å². The summed E-state index contributed by atoms with van der Waals surface area (Å²) in [5, 5.41) is 10.1. The Bertz CT molecular complexity index is 1070. The molecule has 5 heterocycles. The van der Waals surface area contributed by atoms with Gasteiger partial charge >= 0.3 is 0 Å². The lowest BCUT2D eigenvalue weighted by atomic mass is 10.1. The van der Waals surface area contributed by atoms with Crippen molar-refractivity contribution in [1.29, 1.82) is 0 Å². The molecule has 3 aromatic rings. The number of β-amino-alcohol motifs (C(OH)–C–C–N with tert-alkyl or cyclic N) is 1. The monoisotopic (exact) mass is 411 g/mol. The fraction of sp³-hybridized carbons (Fsp3) is 0.300. The average Bonchev–Trinajstić information content (AvgIpc) is 3.36. The molecule has 148 valence electrons. The second kappa shape index (κ2) is 7.16. The number of pyridine rings is 2. The molecule has 0 aromatic carbocycles. The predicted molar refractivity (Wildman–Crippen MR) is 108 cm³/mol. The molecule has 0 aliphatic carbocycles. The maximum Gasteiger partial charge on any atom is 0.270 e. The molecule has 0 saturated carbocycles. The molecule has 1 fully saturated rings. The number of halogens is 1. The maximum absolute atomic E-state index is 14.8. The molecule has 7 nitrogen and oxygen atoms in total. The van der Waals surface area contributed by atoms with Crippen LogP contribution in [0.5, 0.6) is 0 Å². The van der Waals surface area contributed by atoms with Gasteiger partial charge in [0.15, 0.2) is 0 Å². The van der Waals surface area contributed by atoms with Crippen LogP contribution in [0.1, 0.15) is 21.8 Å². The first kappa shape index (κ1) is 18.1. The zero-order valence-corrected chi connectivity index (χ0v) is 16.3. The highest BCUT2D eigenvalue weighted by molar-refractivity contribution is 7.17. The van der Waals surface area contributed by atoms with E-state index in [1.807, 2.05) is 11.0 Å². The number of hydrogen-bond acceptors (Lipinski definition) is 7. The van der Waals surface area contributed by atoms with Crippen molar-refractivity contribution >= 4 is 28.7 Å². The molecule has 2 aliphatic rings. The van der Waals surface area contributed by atoms with Crippen LogP contribution in [0.25, 0.3) is 10.6 Å². The van der Waals surface area contributed by atoms with Crippen LogP contribution >= 0.6 is 11.3 Å². The van der Waals surface area contributed by atoms with Crippen LogP contribution in [0.4, 0.5) is 15.9 Å². The first-order valence-corrected chi connectivity index (χ1v) is 10.2. The second-order valence-corrected chi connectivity index (χ2v) is 8.11. The summed E-state index contributed by atoms with van der Waals surface area (Å²) in [5.41, 5.74) is 1.72. The van der Waals surface area contributed by atoms with E-state index in [1.54, 1.807) is 35.5 Å². The number of thiazole rings is 1. The second-order valence-electron chi connectivity index (χ2n) is 7.11. The highest BCUT2D eigenvalue weighted by atomic mass is 32.1. The summed E-state index contributed by atoms with van der Waals surface area (Å²) in [6.07, 6.45) is 4.17. The summed E-state index contributed by atoms with van der Waals surface area (Å²) < 4.78 is 14.8. The number of nitrogens with zero attached hydrogens (tertiary/aromatic N) is 5. The summed E-state index contributed by atoms with van der Waals surface area (Å²) >= 11 is 1.19. The summed E-state index contributed by atoms with van der Waals surface area (Å²) in [7, 11) is 0. The van der Waals surface area contributed by atoms with Crippen LogP contribution in [-0.4, -0.2) is 51.7 Å². The molecule has 29 heavy (non-hydrogen) atoms. The molecule has 5 rings (SSSR count). The van der Waals surface area contributed by atoms with E-state index in [4.69, 9.17) is 0 Å². The topological polar surface area (TPSA) is 82.5 Å². The number of anilines is 2. The molecule has 2 aliphatic heterocycles. The lowest BCUT2D eigenvalue weighted by Crippen LogP contribution is -2.36. The van der Waals surface area contributed by atoms with Gasteiger partial charge < -0.3 is 14.9 Å². The predicted octanol–water partition coefficient (Wildman–Crippen LogP) is 2.51. The SMILES string of the molecule is O=C1c2sc(-c3ccc(N4CC[C@H](O)C4)nc3F)nc2CCN1c1cccnc1. The minimum absolute atomic E-state index is 0.140. The van der Waals surface area contributed by atoms with Crippen LogP contribution in [0, 0.1) is 5.95 Å². The fourth-order valence-electron chi connectivity index (χ4n) is 3.72. The maximum atomic E-state index is 14.8. The zero-order chi connectivity index (χ0) is 20.0. The smallest absolute Gasteiger partial charge is 0.270 e. The molecule has 1 amide bonds. The largest absolute Gasteiger partial charge is 0.391 e. The first-order chi connectivity index (χ1) is 14.1. The molecular formula is C20H18FN5O2S. The Kier molecular flexibility index (Phi) is 4.48. The van der Waals surface area contributed by atoms with Gasteiger partial charge in [-0.25, -0.2) is 9.97 Å². The van der Waals surface area contributed by atoms with Crippen LogP contribution in [0.15, 0.2) is 36.7 Å². The molecule has 1 N–H and O–H groups in total. The van der Waals surface area contributed by atoms with Gasteiger partial charge in [0.2, 0.25) is 5.95 Å². The molecule has 1 atom stereocenters. The fourth-order valence-corrected chi connectivity index (χ4v) is 4.79. The van der Waals surface area contributed by atoms with Crippen molar-refractivity contribution in [3.63, 3.8) is 0 Å². The summed E-state index contributed by atoms with van der Waals surface area (Å²) in [6.45, 7) is 1.62. The minimum Gasteiger partial charge on any atom is -0.391 e. The van der Waals surface area contributed by atoms with Crippen molar-refractivity contribution in [2.75, 3.05) is 29.4 Å². The Morgan fingerprint density at radius 2 is 2.10 bits per heavy atom. The number of aliphatic hydroxyl groups is 1. The standard InChI is InChI=1S/C20H18FN5O2S/c21-18-14(3-4-16(24-18)25-8-5-13(27)11-25)19-23-15-6-9-26(20(28)17(15)29-19)12-2-1-7-22-10-12/h1-4,7,10,13,27H,5-6,8-9,11H2/t13-/m0/s1. The summed E-state index contributed by atoms with van der Waals surface area (Å²) in [6, 6.07) is 7.02. The number of carbonyl (C=O) groups excluding carboxylic acids is 1. The third-order valence-electron chi connectivity index (χ3n) is 5.22. The first-order valence-electron chi connectivity index (χ1n) is 9.41. The van der Waals surface area contributed by atoms with Crippen LogP contribution < -0.4 is 9.80 Å². The quantitative estimate of drug-likeness (QED) is 0.667. The summed E-state index contributed by atoms with van der Waals surface area (Å²) in [5.74, 6) is -0.256.